The van der Waals surface area contributed by atoms with Crippen LogP contribution in [0.2, 0.25) is 0 Å². The van der Waals surface area contributed by atoms with E-state index in [-0.39, 0.29) is 0 Å². The summed E-state index contributed by atoms with van der Waals surface area (Å²) in [5.41, 5.74) is 3.12. The number of hydrogen-bond donors (Lipinski definition) is 3. The van der Waals surface area contributed by atoms with E-state index in [1.54, 1.807) is 0 Å². The number of rotatable bonds is 4. The standard InChI is InChI=1S/C14H20F2N4/c15-11-7-10(8-12(16)9-11)5-6-18-14(20-17)19-13-3-1-2-4-13/h7-9,13H,1-6,17H2,(H2,18,19,20). The fourth-order valence-electron chi connectivity index (χ4n) is 2.45. The molecule has 0 aliphatic heterocycles. The third-order valence-corrected chi connectivity index (χ3v) is 3.43. The molecule has 0 amide bonds. The Morgan fingerprint density at radius 3 is 2.45 bits per heavy atom. The van der Waals surface area contributed by atoms with Crippen molar-refractivity contribution in [1.82, 2.24) is 10.7 Å². The normalized spacial score (nSPS) is 16.4. The molecular weight excluding hydrogens is 262 g/mol. The van der Waals surface area contributed by atoms with Crippen molar-refractivity contribution in [2.75, 3.05) is 6.54 Å². The largest absolute Gasteiger partial charge is 0.353 e. The Labute approximate surface area is 117 Å². The maximum Gasteiger partial charge on any atom is 0.205 e. The fourth-order valence-corrected chi connectivity index (χ4v) is 2.45. The summed E-state index contributed by atoms with van der Waals surface area (Å²) in [6.45, 7) is 0.419. The summed E-state index contributed by atoms with van der Waals surface area (Å²) in [6.07, 6.45) is 5.15. The van der Waals surface area contributed by atoms with Gasteiger partial charge in [0.2, 0.25) is 5.96 Å². The van der Waals surface area contributed by atoms with Crippen molar-refractivity contribution in [3.05, 3.63) is 35.4 Å². The number of halogens is 2. The molecular formula is C14H20F2N4. The molecule has 0 bridgehead atoms. The Morgan fingerprint density at radius 2 is 1.85 bits per heavy atom. The minimum Gasteiger partial charge on any atom is -0.353 e. The number of benzene rings is 1. The van der Waals surface area contributed by atoms with Crippen LogP contribution in [0.4, 0.5) is 8.78 Å². The van der Waals surface area contributed by atoms with Gasteiger partial charge in [0.25, 0.3) is 0 Å². The van der Waals surface area contributed by atoms with Crippen LogP contribution in [0.15, 0.2) is 23.2 Å². The molecule has 0 heterocycles. The molecule has 0 aromatic heterocycles. The van der Waals surface area contributed by atoms with E-state index in [4.69, 9.17) is 5.84 Å². The van der Waals surface area contributed by atoms with E-state index >= 15 is 0 Å². The Hall–Kier alpha value is -1.69. The number of hydrogen-bond acceptors (Lipinski definition) is 2. The number of nitrogens with two attached hydrogens (primary N) is 1. The van der Waals surface area contributed by atoms with Crippen LogP contribution in [-0.4, -0.2) is 18.5 Å². The molecule has 0 atom stereocenters. The molecule has 1 aliphatic rings. The first-order chi connectivity index (χ1) is 9.67. The highest BCUT2D eigenvalue weighted by molar-refractivity contribution is 5.79. The molecule has 1 aromatic rings. The summed E-state index contributed by atoms with van der Waals surface area (Å²) < 4.78 is 26.1. The zero-order valence-corrected chi connectivity index (χ0v) is 11.3. The lowest BCUT2D eigenvalue weighted by Gasteiger charge is -2.14. The molecule has 1 aromatic carbocycles. The molecule has 1 fully saturated rings. The minimum absolute atomic E-state index is 0.413. The Bertz CT molecular complexity index is 450. The number of hydrazine groups is 1. The highest BCUT2D eigenvalue weighted by Crippen LogP contribution is 2.17. The number of guanidine groups is 1. The van der Waals surface area contributed by atoms with Gasteiger partial charge in [-0.15, -0.1) is 0 Å². The van der Waals surface area contributed by atoms with Crippen molar-refractivity contribution in [3.63, 3.8) is 0 Å². The first kappa shape index (κ1) is 14.7. The van der Waals surface area contributed by atoms with Gasteiger partial charge in [-0.2, -0.15) is 0 Å². The van der Waals surface area contributed by atoms with Gasteiger partial charge >= 0.3 is 0 Å². The summed E-state index contributed by atoms with van der Waals surface area (Å²) in [4.78, 5) is 4.28. The summed E-state index contributed by atoms with van der Waals surface area (Å²) in [7, 11) is 0. The van der Waals surface area contributed by atoms with Crippen LogP contribution in [0.25, 0.3) is 0 Å². The topological polar surface area (TPSA) is 62.4 Å². The smallest absolute Gasteiger partial charge is 0.205 e. The highest BCUT2D eigenvalue weighted by Gasteiger charge is 2.15. The van der Waals surface area contributed by atoms with E-state index in [9.17, 15) is 8.78 Å². The molecule has 2 rings (SSSR count). The fraction of sp³-hybridized carbons (Fsp3) is 0.500. The second-order valence-corrected chi connectivity index (χ2v) is 5.03. The SMILES string of the molecule is NNC(=NCCc1cc(F)cc(F)c1)NC1CCCC1. The lowest BCUT2D eigenvalue weighted by atomic mass is 10.1. The maximum absolute atomic E-state index is 13.0. The van der Waals surface area contributed by atoms with Crippen molar-refractivity contribution >= 4 is 5.96 Å². The van der Waals surface area contributed by atoms with E-state index in [0.717, 1.165) is 18.9 Å². The van der Waals surface area contributed by atoms with Crippen molar-refractivity contribution < 1.29 is 8.78 Å². The predicted molar refractivity (Wildman–Crippen MR) is 75.1 cm³/mol. The molecule has 0 spiro atoms. The zero-order valence-electron chi connectivity index (χ0n) is 11.3. The highest BCUT2D eigenvalue weighted by atomic mass is 19.1. The molecule has 4 nitrogen and oxygen atoms in total. The second kappa shape index (κ2) is 7.19. The third-order valence-electron chi connectivity index (χ3n) is 3.43. The molecule has 6 heteroatoms. The van der Waals surface area contributed by atoms with Crippen molar-refractivity contribution in [2.45, 2.75) is 38.1 Å². The monoisotopic (exact) mass is 282 g/mol. The summed E-state index contributed by atoms with van der Waals surface area (Å²) in [5, 5.41) is 3.24. The van der Waals surface area contributed by atoms with Gasteiger partial charge in [-0.3, -0.25) is 10.4 Å². The van der Waals surface area contributed by atoms with Crippen LogP contribution in [0.3, 0.4) is 0 Å². The summed E-state index contributed by atoms with van der Waals surface area (Å²) >= 11 is 0. The molecule has 20 heavy (non-hydrogen) atoms. The first-order valence-corrected chi connectivity index (χ1v) is 6.90. The van der Waals surface area contributed by atoms with E-state index < -0.39 is 11.6 Å². The molecule has 0 radical (unpaired) electrons. The molecule has 0 saturated heterocycles. The zero-order chi connectivity index (χ0) is 14.4. The van der Waals surface area contributed by atoms with Gasteiger partial charge in [-0.1, -0.05) is 12.8 Å². The number of nitrogens with zero attached hydrogens (tertiary/aromatic N) is 1. The molecule has 110 valence electrons. The Kier molecular flexibility index (Phi) is 5.29. The molecule has 1 aliphatic carbocycles. The van der Waals surface area contributed by atoms with Gasteiger partial charge < -0.3 is 5.32 Å². The van der Waals surface area contributed by atoms with Gasteiger partial charge in [-0.25, -0.2) is 14.6 Å². The third kappa shape index (κ3) is 4.45. The van der Waals surface area contributed by atoms with Gasteiger partial charge in [0.15, 0.2) is 0 Å². The number of aliphatic imine (C=N–C) groups is 1. The van der Waals surface area contributed by atoms with Gasteiger partial charge in [-0.05, 0) is 37.0 Å². The molecule has 0 unspecified atom stereocenters. The van der Waals surface area contributed by atoms with E-state index in [1.807, 2.05) is 0 Å². The van der Waals surface area contributed by atoms with Crippen LogP contribution >= 0.6 is 0 Å². The maximum atomic E-state index is 13.0. The van der Waals surface area contributed by atoms with Gasteiger partial charge in [0.1, 0.15) is 11.6 Å². The van der Waals surface area contributed by atoms with E-state index in [2.05, 4.69) is 15.7 Å². The van der Waals surface area contributed by atoms with Gasteiger partial charge in [0, 0.05) is 18.7 Å². The summed E-state index contributed by atoms with van der Waals surface area (Å²) in [5.74, 6) is 4.82. The van der Waals surface area contributed by atoms with Crippen molar-refractivity contribution in [2.24, 2.45) is 10.8 Å². The van der Waals surface area contributed by atoms with E-state index in [0.29, 0.717) is 30.5 Å². The molecule has 4 N–H and O–H groups in total. The first-order valence-electron chi connectivity index (χ1n) is 6.90. The predicted octanol–water partition coefficient (Wildman–Crippen LogP) is 1.86. The average Bonchev–Trinajstić information content (AvgIpc) is 2.89. The van der Waals surface area contributed by atoms with Crippen LogP contribution < -0.4 is 16.6 Å². The van der Waals surface area contributed by atoms with Crippen LogP contribution in [0.1, 0.15) is 31.2 Å². The quantitative estimate of drug-likeness (QED) is 0.342. The summed E-state index contributed by atoms with van der Waals surface area (Å²) in [6, 6.07) is 3.91. The Balaban J connectivity index is 1.86. The lowest BCUT2D eigenvalue weighted by Crippen LogP contribution is -2.45. The van der Waals surface area contributed by atoms with Crippen LogP contribution in [0.5, 0.6) is 0 Å². The van der Waals surface area contributed by atoms with Crippen molar-refractivity contribution in [3.8, 4) is 0 Å². The number of nitrogens with one attached hydrogen (secondary N) is 2. The van der Waals surface area contributed by atoms with E-state index in [1.165, 1.54) is 25.0 Å². The second-order valence-electron chi connectivity index (χ2n) is 5.03. The lowest BCUT2D eigenvalue weighted by molar-refractivity contribution is 0.579. The Morgan fingerprint density at radius 1 is 1.20 bits per heavy atom. The van der Waals surface area contributed by atoms with Crippen LogP contribution in [0, 0.1) is 11.6 Å². The van der Waals surface area contributed by atoms with Crippen molar-refractivity contribution in [1.29, 1.82) is 0 Å². The van der Waals surface area contributed by atoms with Crippen LogP contribution in [-0.2, 0) is 6.42 Å². The minimum atomic E-state index is -0.565. The average molecular weight is 282 g/mol. The van der Waals surface area contributed by atoms with Gasteiger partial charge in [0.05, 0.1) is 0 Å². The molecule has 1 saturated carbocycles.